The third-order valence-corrected chi connectivity index (χ3v) is 5.53. The van der Waals surface area contributed by atoms with E-state index in [0.717, 1.165) is 0 Å². The molecule has 3 aliphatic rings. The van der Waals surface area contributed by atoms with Gasteiger partial charge < -0.3 is 14.2 Å². The fourth-order valence-corrected chi connectivity index (χ4v) is 3.67. The number of hydrogen-bond donors (Lipinski definition) is 3. The first-order chi connectivity index (χ1) is 16.1. The summed E-state index contributed by atoms with van der Waals surface area (Å²) in [5, 5.41) is 5.29. The highest BCUT2D eigenvalue weighted by atomic mass is 16.5. The maximum absolute atomic E-state index is 12.9. The second-order valence-corrected chi connectivity index (χ2v) is 7.92. The number of amides is 3. The van der Waals surface area contributed by atoms with E-state index in [1.807, 2.05) is 0 Å². The van der Waals surface area contributed by atoms with Gasteiger partial charge in [0.25, 0.3) is 17.7 Å². The number of ether oxygens (including phenoxy) is 3. The highest BCUT2D eigenvalue weighted by Gasteiger charge is 2.22. The molecule has 0 spiro atoms. The van der Waals surface area contributed by atoms with Gasteiger partial charge in [0.2, 0.25) is 0 Å². The minimum absolute atomic E-state index is 0.225. The van der Waals surface area contributed by atoms with Gasteiger partial charge in [-0.2, -0.15) is 0 Å². The molecule has 1 aromatic rings. The Morgan fingerprint density at radius 3 is 1.00 bits per heavy atom. The molecule has 0 radical (unpaired) electrons. The Morgan fingerprint density at radius 1 is 0.515 bits per heavy atom. The zero-order chi connectivity index (χ0) is 23.0. The molecule has 0 aliphatic carbocycles. The maximum atomic E-state index is 12.9. The van der Waals surface area contributed by atoms with E-state index in [2.05, 4.69) is 16.3 Å². The van der Waals surface area contributed by atoms with Crippen molar-refractivity contribution in [3.63, 3.8) is 0 Å². The fraction of sp³-hybridized carbons (Fsp3) is 0.571. The predicted molar refractivity (Wildman–Crippen MR) is 116 cm³/mol. The van der Waals surface area contributed by atoms with Gasteiger partial charge in [-0.15, -0.1) is 0 Å². The molecular weight excluding hydrogens is 432 g/mol. The zero-order valence-corrected chi connectivity index (χ0v) is 18.5. The summed E-state index contributed by atoms with van der Waals surface area (Å²) < 4.78 is 15.9. The summed E-state index contributed by atoms with van der Waals surface area (Å²) in [7, 11) is 0. The van der Waals surface area contributed by atoms with Crippen molar-refractivity contribution in [1.29, 1.82) is 0 Å². The first-order valence-corrected chi connectivity index (χ1v) is 11.1. The van der Waals surface area contributed by atoms with Crippen LogP contribution < -0.4 is 16.3 Å². The van der Waals surface area contributed by atoms with Gasteiger partial charge in [0.05, 0.1) is 39.6 Å². The van der Waals surface area contributed by atoms with Crippen molar-refractivity contribution >= 4 is 17.7 Å². The van der Waals surface area contributed by atoms with Crippen molar-refractivity contribution < 1.29 is 28.6 Å². The summed E-state index contributed by atoms with van der Waals surface area (Å²) in [6.45, 7) is 6.52. The van der Waals surface area contributed by atoms with Crippen LogP contribution in [0.4, 0.5) is 0 Å². The average molecular weight is 463 g/mol. The Kier molecular flexibility index (Phi) is 8.20. The van der Waals surface area contributed by atoms with Crippen molar-refractivity contribution in [3.05, 3.63) is 34.9 Å². The molecule has 0 aromatic heterocycles. The quantitative estimate of drug-likeness (QED) is 0.469. The molecule has 3 saturated heterocycles. The fourth-order valence-electron chi connectivity index (χ4n) is 3.67. The van der Waals surface area contributed by atoms with Gasteiger partial charge in [0.1, 0.15) is 0 Å². The SMILES string of the molecule is O=C(NN1CCOCC1)c1cc(C(=O)NN2CCOCC2)cc(C(=O)NN2CCOCC2)c1. The Morgan fingerprint density at radius 2 is 0.758 bits per heavy atom. The van der Waals surface area contributed by atoms with Crippen molar-refractivity contribution in [2.24, 2.45) is 0 Å². The first-order valence-electron chi connectivity index (χ1n) is 11.1. The number of morpholine rings is 3. The van der Waals surface area contributed by atoms with Crippen LogP contribution in [0.1, 0.15) is 31.1 Å². The largest absolute Gasteiger partial charge is 0.379 e. The van der Waals surface area contributed by atoms with E-state index in [4.69, 9.17) is 14.2 Å². The van der Waals surface area contributed by atoms with Crippen LogP contribution >= 0.6 is 0 Å². The molecule has 3 fully saturated rings. The van der Waals surface area contributed by atoms with Gasteiger partial charge in [-0.25, -0.2) is 15.0 Å². The van der Waals surface area contributed by atoms with E-state index in [1.165, 1.54) is 18.2 Å². The number of hydrogen-bond acceptors (Lipinski definition) is 9. The normalized spacial score (nSPS) is 20.7. The van der Waals surface area contributed by atoms with E-state index in [1.54, 1.807) is 15.0 Å². The van der Waals surface area contributed by atoms with E-state index >= 15 is 0 Å². The number of nitrogens with one attached hydrogen (secondary N) is 3. The molecule has 12 nitrogen and oxygen atoms in total. The van der Waals surface area contributed by atoms with Gasteiger partial charge in [-0.3, -0.25) is 30.7 Å². The van der Waals surface area contributed by atoms with Crippen molar-refractivity contribution in [2.45, 2.75) is 0 Å². The molecule has 0 saturated carbocycles. The summed E-state index contributed by atoms with van der Waals surface area (Å²) >= 11 is 0. The van der Waals surface area contributed by atoms with Crippen LogP contribution in [0.2, 0.25) is 0 Å². The van der Waals surface area contributed by atoms with Gasteiger partial charge in [-0.05, 0) is 18.2 Å². The second-order valence-electron chi connectivity index (χ2n) is 7.92. The lowest BCUT2D eigenvalue weighted by Crippen LogP contribution is -2.49. The molecular formula is C21H30N6O6. The molecule has 1 aromatic carbocycles. The number of rotatable bonds is 6. The summed E-state index contributed by atoms with van der Waals surface area (Å²) in [6, 6.07) is 4.49. The smallest absolute Gasteiger partial charge is 0.265 e. The van der Waals surface area contributed by atoms with Crippen LogP contribution in [-0.2, 0) is 14.2 Å². The molecule has 12 heteroatoms. The maximum Gasteiger partial charge on any atom is 0.265 e. The molecule has 0 atom stereocenters. The molecule has 180 valence electrons. The van der Waals surface area contributed by atoms with Crippen LogP contribution in [0.5, 0.6) is 0 Å². The second kappa shape index (κ2) is 11.5. The molecule has 3 amide bonds. The Balaban J connectivity index is 1.52. The molecule has 3 N–H and O–H groups in total. The number of nitrogens with zero attached hydrogens (tertiary/aromatic N) is 3. The number of hydrazine groups is 3. The van der Waals surface area contributed by atoms with Gasteiger partial charge in [-0.1, -0.05) is 0 Å². The van der Waals surface area contributed by atoms with E-state index in [0.29, 0.717) is 78.9 Å². The molecule has 0 bridgehead atoms. The zero-order valence-electron chi connectivity index (χ0n) is 18.5. The van der Waals surface area contributed by atoms with Gasteiger partial charge in [0, 0.05) is 56.0 Å². The van der Waals surface area contributed by atoms with Gasteiger partial charge >= 0.3 is 0 Å². The minimum Gasteiger partial charge on any atom is -0.379 e. The van der Waals surface area contributed by atoms with E-state index < -0.39 is 17.7 Å². The number of carbonyl (C=O) groups is 3. The average Bonchev–Trinajstić information content (AvgIpc) is 2.85. The van der Waals surface area contributed by atoms with Crippen molar-refractivity contribution in [3.8, 4) is 0 Å². The standard InChI is InChI=1S/C21H30N6O6/c28-19(22-25-1-7-31-8-2-25)16-13-17(20(29)23-26-3-9-32-10-4-26)15-18(14-16)21(30)24-27-5-11-33-12-6-27/h13-15H,1-12H2,(H,22,28)(H,23,29)(H,24,30). The van der Waals surface area contributed by atoms with Crippen LogP contribution in [0.15, 0.2) is 18.2 Å². The lowest BCUT2D eigenvalue weighted by molar-refractivity contribution is 0.0125. The molecule has 3 heterocycles. The lowest BCUT2D eigenvalue weighted by Gasteiger charge is -2.28. The molecule has 4 rings (SSSR count). The number of carbonyl (C=O) groups excluding carboxylic acids is 3. The van der Waals surface area contributed by atoms with Crippen molar-refractivity contribution in [1.82, 2.24) is 31.3 Å². The van der Waals surface area contributed by atoms with Crippen molar-refractivity contribution in [2.75, 3.05) is 78.9 Å². The molecule has 33 heavy (non-hydrogen) atoms. The van der Waals surface area contributed by atoms with Gasteiger partial charge in [0.15, 0.2) is 0 Å². The Hall–Kier alpha value is -2.61. The third-order valence-electron chi connectivity index (χ3n) is 5.53. The summed E-state index contributed by atoms with van der Waals surface area (Å²) in [5.41, 5.74) is 9.16. The summed E-state index contributed by atoms with van der Waals surface area (Å²) in [6.07, 6.45) is 0. The highest BCUT2D eigenvalue weighted by Crippen LogP contribution is 2.13. The van der Waals surface area contributed by atoms with Crippen LogP contribution in [0.3, 0.4) is 0 Å². The Labute approximate surface area is 192 Å². The summed E-state index contributed by atoms with van der Waals surface area (Å²) in [5.74, 6) is -1.17. The van der Waals surface area contributed by atoms with Crippen LogP contribution in [0.25, 0.3) is 0 Å². The van der Waals surface area contributed by atoms with Crippen LogP contribution in [-0.4, -0.2) is 112 Å². The molecule has 3 aliphatic heterocycles. The molecule has 0 unspecified atom stereocenters. The van der Waals surface area contributed by atoms with E-state index in [9.17, 15) is 14.4 Å². The number of benzene rings is 1. The lowest BCUT2D eigenvalue weighted by atomic mass is 10.0. The minimum atomic E-state index is -0.390. The van der Waals surface area contributed by atoms with E-state index in [-0.39, 0.29) is 16.7 Å². The Bertz CT molecular complexity index is 728. The monoisotopic (exact) mass is 462 g/mol. The topological polar surface area (TPSA) is 125 Å². The third kappa shape index (κ3) is 6.69. The predicted octanol–water partition coefficient (Wildman–Crippen LogP) is -1.38. The summed E-state index contributed by atoms with van der Waals surface area (Å²) in [4.78, 5) is 38.8. The van der Waals surface area contributed by atoms with Crippen LogP contribution in [0, 0.1) is 0 Å². The first kappa shape index (κ1) is 23.5. The highest BCUT2D eigenvalue weighted by molar-refractivity contribution is 6.04.